The normalized spacial score (nSPS) is 14.2. The molecule has 0 bridgehead atoms. The molecule has 2 atom stereocenters. The lowest BCUT2D eigenvalue weighted by atomic mass is 10.0. The molecule has 3 nitrogen and oxygen atoms in total. The van der Waals surface area contributed by atoms with Crippen LogP contribution in [0, 0.1) is 17.6 Å². The molecular weight excluding hydrogens is 262 g/mol. The van der Waals surface area contributed by atoms with Crippen molar-refractivity contribution < 1.29 is 13.6 Å². The average molecular weight is 284 g/mol. The summed E-state index contributed by atoms with van der Waals surface area (Å²) >= 11 is 0. The molecule has 2 unspecified atom stereocenters. The molecule has 0 aromatic heterocycles. The molecule has 1 rings (SSSR count). The van der Waals surface area contributed by atoms with Crippen molar-refractivity contribution in [2.24, 2.45) is 5.92 Å². The van der Waals surface area contributed by atoms with Gasteiger partial charge in [-0.05, 0) is 25.3 Å². The molecular formula is C15H22F2N2O. The second kappa shape index (κ2) is 7.33. The van der Waals surface area contributed by atoms with E-state index in [1.165, 1.54) is 12.1 Å². The third-order valence-electron chi connectivity index (χ3n) is 3.15. The van der Waals surface area contributed by atoms with Crippen LogP contribution < -0.4 is 10.6 Å². The van der Waals surface area contributed by atoms with Crippen molar-refractivity contribution in [3.63, 3.8) is 0 Å². The number of nitrogens with one attached hydrogen (secondary N) is 2. The first kappa shape index (κ1) is 16.6. The van der Waals surface area contributed by atoms with Crippen molar-refractivity contribution >= 4 is 5.91 Å². The third kappa shape index (κ3) is 4.56. The van der Waals surface area contributed by atoms with E-state index < -0.39 is 17.7 Å². The predicted molar refractivity (Wildman–Crippen MR) is 75.2 cm³/mol. The minimum Gasteiger partial charge on any atom is -0.358 e. The standard InChI is InChI=1S/C15H22F2N2O/c1-9(2)7-14(15(20)18-4)19-10(3)12-6-5-11(16)8-13(12)17/h5-6,8-10,14,19H,7H2,1-4H3,(H,18,20). The van der Waals surface area contributed by atoms with E-state index in [4.69, 9.17) is 0 Å². The van der Waals surface area contributed by atoms with Crippen LogP contribution in [0.1, 0.15) is 38.8 Å². The highest BCUT2D eigenvalue weighted by atomic mass is 19.1. The predicted octanol–water partition coefficient (Wildman–Crippen LogP) is 2.78. The van der Waals surface area contributed by atoms with Gasteiger partial charge in [-0.3, -0.25) is 10.1 Å². The van der Waals surface area contributed by atoms with E-state index in [9.17, 15) is 13.6 Å². The summed E-state index contributed by atoms with van der Waals surface area (Å²) in [6.45, 7) is 5.79. The van der Waals surface area contributed by atoms with E-state index in [0.717, 1.165) is 6.07 Å². The van der Waals surface area contributed by atoms with E-state index in [2.05, 4.69) is 10.6 Å². The number of hydrogen-bond donors (Lipinski definition) is 2. The molecule has 2 N–H and O–H groups in total. The first-order chi connectivity index (χ1) is 9.35. The fourth-order valence-corrected chi connectivity index (χ4v) is 2.14. The monoisotopic (exact) mass is 284 g/mol. The molecule has 5 heteroatoms. The summed E-state index contributed by atoms with van der Waals surface area (Å²) in [7, 11) is 1.57. The minimum atomic E-state index is -0.608. The van der Waals surface area contributed by atoms with Crippen LogP contribution in [0.25, 0.3) is 0 Å². The highest BCUT2D eigenvalue weighted by molar-refractivity contribution is 5.81. The smallest absolute Gasteiger partial charge is 0.236 e. The lowest BCUT2D eigenvalue weighted by Crippen LogP contribution is -2.44. The van der Waals surface area contributed by atoms with Crippen LogP contribution in [0.2, 0.25) is 0 Å². The van der Waals surface area contributed by atoms with Gasteiger partial charge in [0, 0.05) is 24.7 Å². The summed E-state index contributed by atoms with van der Waals surface area (Å²) in [4.78, 5) is 11.8. The Morgan fingerprint density at radius 3 is 2.40 bits per heavy atom. The second-order valence-corrected chi connectivity index (χ2v) is 5.35. The van der Waals surface area contributed by atoms with Gasteiger partial charge in [-0.2, -0.15) is 0 Å². The lowest BCUT2D eigenvalue weighted by Gasteiger charge is -2.24. The molecule has 0 heterocycles. The van der Waals surface area contributed by atoms with E-state index in [0.29, 0.717) is 17.9 Å². The lowest BCUT2D eigenvalue weighted by molar-refractivity contribution is -0.123. The summed E-state index contributed by atoms with van der Waals surface area (Å²) in [5, 5.41) is 5.70. The molecule has 1 aromatic rings. The molecule has 0 aliphatic carbocycles. The van der Waals surface area contributed by atoms with Gasteiger partial charge in [-0.1, -0.05) is 19.9 Å². The fraction of sp³-hybridized carbons (Fsp3) is 0.533. The summed E-state index contributed by atoms with van der Waals surface area (Å²) in [5.74, 6) is -1.02. The number of benzene rings is 1. The van der Waals surface area contributed by atoms with Crippen LogP contribution in [0.4, 0.5) is 8.78 Å². The van der Waals surface area contributed by atoms with Crippen LogP contribution in [-0.4, -0.2) is 19.0 Å². The molecule has 0 aliphatic heterocycles. The van der Waals surface area contributed by atoms with Crippen molar-refractivity contribution in [1.29, 1.82) is 0 Å². The Kier molecular flexibility index (Phi) is 6.07. The largest absolute Gasteiger partial charge is 0.358 e. The molecule has 1 aromatic carbocycles. The fourth-order valence-electron chi connectivity index (χ4n) is 2.14. The Morgan fingerprint density at radius 2 is 1.90 bits per heavy atom. The number of carbonyl (C=O) groups excluding carboxylic acids is 1. The van der Waals surface area contributed by atoms with Crippen LogP contribution in [0.15, 0.2) is 18.2 Å². The second-order valence-electron chi connectivity index (χ2n) is 5.35. The summed E-state index contributed by atoms with van der Waals surface area (Å²) in [5.41, 5.74) is 0.351. The summed E-state index contributed by atoms with van der Waals surface area (Å²) < 4.78 is 26.6. The first-order valence-corrected chi connectivity index (χ1v) is 6.77. The quantitative estimate of drug-likeness (QED) is 0.843. The molecule has 0 radical (unpaired) electrons. The topological polar surface area (TPSA) is 41.1 Å². The summed E-state index contributed by atoms with van der Waals surface area (Å²) in [6, 6.07) is 2.69. The van der Waals surface area contributed by atoms with Crippen molar-refractivity contribution in [3.8, 4) is 0 Å². The van der Waals surface area contributed by atoms with Gasteiger partial charge in [0.2, 0.25) is 5.91 Å². The maximum Gasteiger partial charge on any atom is 0.236 e. The van der Waals surface area contributed by atoms with Gasteiger partial charge in [0.1, 0.15) is 11.6 Å². The molecule has 0 saturated carbocycles. The van der Waals surface area contributed by atoms with Gasteiger partial charge < -0.3 is 5.32 Å². The molecule has 112 valence electrons. The zero-order valence-corrected chi connectivity index (χ0v) is 12.3. The number of rotatable bonds is 6. The molecule has 0 spiro atoms. The Morgan fingerprint density at radius 1 is 1.25 bits per heavy atom. The van der Waals surface area contributed by atoms with E-state index in [1.807, 2.05) is 13.8 Å². The minimum absolute atomic E-state index is 0.131. The van der Waals surface area contributed by atoms with E-state index in [-0.39, 0.29) is 11.9 Å². The Balaban J connectivity index is 2.84. The Hall–Kier alpha value is -1.49. The van der Waals surface area contributed by atoms with E-state index >= 15 is 0 Å². The van der Waals surface area contributed by atoms with Gasteiger partial charge in [-0.25, -0.2) is 8.78 Å². The molecule has 20 heavy (non-hydrogen) atoms. The number of amides is 1. The maximum atomic E-state index is 13.7. The van der Waals surface area contributed by atoms with Crippen molar-refractivity contribution in [1.82, 2.24) is 10.6 Å². The van der Waals surface area contributed by atoms with Gasteiger partial charge in [0.05, 0.1) is 6.04 Å². The van der Waals surface area contributed by atoms with Crippen molar-refractivity contribution in [3.05, 3.63) is 35.4 Å². The number of likely N-dealkylation sites (N-methyl/N-ethyl adjacent to an activating group) is 1. The van der Waals surface area contributed by atoms with Crippen molar-refractivity contribution in [2.45, 2.75) is 39.3 Å². The molecule has 0 fully saturated rings. The molecule has 1 amide bonds. The van der Waals surface area contributed by atoms with Crippen LogP contribution >= 0.6 is 0 Å². The zero-order valence-electron chi connectivity index (χ0n) is 12.3. The van der Waals surface area contributed by atoms with Crippen LogP contribution in [0.3, 0.4) is 0 Å². The third-order valence-corrected chi connectivity index (χ3v) is 3.15. The summed E-state index contributed by atoms with van der Waals surface area (Å²) in [6.07, 6.45) is 0.646. The number of halogens is 2. The van der Waals surface area contributed by atoms with Gasteiger partial charge in [0.25, 0.3) is 0 Å². The van der Waals surface area contributed by atoms with E-state index in [1.54, 1.807) is 14.0 Å². The maximum absolute atomic E-state index is 13.7. The van der Waals surface area contributed by atoms with Gasteiger partial charge >= 0.3 is 0 Å². The van der Waals surface area contributed by atoms with Crippen molar-refractivity contribution in [2.75, 3.05) is 7.05 Å². The van der Waals surface area contributed by atoms with Gasteiger partial charge in [-0.15, -0.1) is 0 Å². The van der Waals surface area contributed by atoms with Crippen LogP contribution in [-0.2, 0) is 4.79 Å². The highest BCUT2D eigenvalue weighted by Crippen LogP contribution is 2.19. The number of carbonyl (C=O) groups is 1. The number of hydrogen-bond acceptors (Lipinski definition) is 2. The first-order valence-electron chi connectivity index (χ1n) is 6.77. The average Bonchev–Trinajstić information content (AvgIpc) is 2.36. The Bertz CT molecular complexity index is 463. The van der Waals surface area contributed by atoms with Gasteiger partial charge in [0.15, 0.2) is 0 Å². The zero-order chi connectivity index (χ0) is 15.3. The Labute approximate surface area is 118 Å². The van der Waals surface area contributed by atoms with Crippen LogP contribution in [0.5, 0.6) is 0 Å². The SMILES string of the molecule is CNC(=O)C(CC(C)C)NC(C)c1ccc(F)cc1F. The molecule has 0 saturated heterocycles. The highest BCUT2D eigenvalue weighted by Gasteiger charge is 2.22. The molecule has 0 aliphatic rings.